The molecule has 0 aliphatic carbocycles. The van der Waals surface area contributed by atoms with E-state index in [-0.39, 0.29) is 5.91 Å². The Labute approximate surface area is 156 Å². The van der Waals surface area contributed by atoms with Crippen molar-refractivity contribution in [3.8, 4) is 11.3 Å². The Morgan fingerprint density at radius 3 is 2.63 bits per heavy atom. The van der Waals surface area contributed by atoms with Gasteiger partial charge in [-0.1, -0.05) is 36.4 Å². The second-order valence-corrected chi connectivity index (χ2v) is 6.24. The molecule has 0 unspecified atom stereocenters. The molecular formula is C22H18N4O. The summed E-state index contributed by atoms with van der Waals surface area (Å²) in [5.41, 5.74) is 3.70. The number of nitrogens with one attached hydrogen (secondary N) is 2. The summed E-state index contributed by atoms with van der Waals surface area (Å²) in [6.45, 7) is 1.92. The van der Waals surface area contributed by atoms with Crippen LogP contribution in [0.3, 0.4) is 0 Å². The first-order valence-corrected chi connectivity index (χ1v) is 8.64. The number of hydrogen-bond acceptors (Lipinski definition) is 3. The molecule has 4 rings (SSSR count). The van der Waals surface area contributed by atoms with E-state index in [0.717, 1.165) is 27.8 Å². The van der Waals surface area contributed by atoms with Gasteiger partial charge in [0.25, 0.3) is 0 Å². The standard InChI is InChI=1S/C22H18N4O/c1-15-21(18-10-12-23-13-11-18)25-26-22(15)24-20(27)9-7-16-6-8-17-4-2-3-5-19(17)14-16/h2-14H,1H3,(H2,24,25,26,27). The highest BCUT2D eigenvalue weighted by Crippen LogP contribution is 2.25. The molecule has 2 heterocycles. The first-order chi connectivity index (χ1) is 13.2. The predicted octanol–water partition coefficient (Wildman–Crippen LogP) is 4.59. The molecule has 0 bridgehead atoms. The van der Waals surface area contributed by atoms with Crippen molar-refractivity contribution in [1.82, 2.24) is 15.2 Å². The zero-order valence-corrected chi connectivity index (χ0v) is 14.8. The number of pyridine rings is 1. The number of benzene rings is 2. The maximum Gasteiger partial charge on any atom is 0.249 e. The topological polar surface area (TPSA) is 70.7 Å². The lowest BCUT2D eigenvalue weighted by Gasteiger charge is -2.01. The minimum atomic E-state index is -0.223. The molecule has 2 aromatic carbocycles. The molecule has 27 heavy (non-hydrogen) atoms. The highest BCUT2D eigenvalue weighted by atomic mass is 16.1. The lowest BCUT2D eigenvalue weighted by atomic mass is 10.1. The summed E-state index contributed by atoms with van der Waals surface area (Å²) in [5, 5.41) is 12.3. The van der Waals surface area contributed by atoms with Crippen molar-refractivity contribution in [3.05, 3.63) is 84.2 Å². The summed E-state index contributed by atoms with van der Waals surface area (Å²) in [6.07, 6.45) is 6.76. The smallest absolute Gasteiger partial charge is 0.249 e. The van der Waals surface area contributed by atoms with Gasteiger partial charge in [0, 0.05) is 29.6 Å². The number of anilines is 1. The van der Waals surface area contributed by atoms with E-state index in [2.05, 4.69) is 38.7 Å². The molecule has 0 radical (unpaired) electrons. The number of fused-ring (bicyclic) bond motifs is 1. The van der Waals surface area contributed by atoms with Gasteiger partial charge in [0.15, 0.2) is 5.82 Å². The molecule has 2 aromatic heterocycles. The minimum Gasteiger partial charge on any atom is -0.305 e. The summed E-state index contributed by atoms with van der Waals surface area (Å²) in [5.74, 6) is 0.300. The van der Waals surface area contributed by atoms with E-state index >= 15 is 0 Å². The molecule has 0 fully saturated rings. The van der Waals surface area contributed by atoms with Gasteiger partial charge in [0.1, 0.15) is 0 Å². The molecule has 0 spiro atoms. The Morgan fingerprint density at radius 1 is 1.04 bits per heavy atom. The van der Waals surface area contributed by atoms with Gasteiger partial charge < -0.3 is 5.32 Å². The molecule has 2 N–H and O–H groups in total. The first kappa shape index (κ1) is 16.7. The van der Waals surface area contributed by atoms with Crippen LogP contribution in [0, 0.1) is 6.92 Å². The van der Waals surface area contributed by atoms with Gasteiger partial charge >= 0.3 is 0 Å². The average Bonchev–Trinajstić information content (AvgIpc) is 3.07. The largest absolute Gasteiger partial charge is 0.305 e. The minimum absolute atomic E-state index is 0.223. The first-order valence-electron chi connectivity index (χ1n) is 8.64. The second-order valence-electron chi connectivity index (χ2n) is 6.24. The number of rotatable bonds is 4. The number of H-pyrrole nitrogens is 1. The van der Waals surface area contributed by atoms with Crippen molar-refractivity contribution >= 4 is 28.6 Å². The summed E-state index contributed by atoms with van der Waals surface area (Å²) in [6, 6.07) is 18.0. The van der Waals surface area contributed by atoms with Crippen LogP contribution in [0.4, 0.5) is 5.82 Å². The third kappa shape index (κ3) is 3.62. The third-order valence-electron chi connectivity index (χ3n) is 4.42. The molecular weight excluding hydrogens is 336 g/mol. The number of amides is 1. The van der Waals surface area contributed by atoms with Crippen molar-refractivity contribution < 1.29 is 4.79 Å². The molecule has 5 heteroatoms. The second kappa shape index (κ2) is 7.25. The van der Waals surface area contributed by atoms with E-state index in [1.54, 1.807) is 18.5 Å². The molecule has 0 aliphatic heterocycles. The van der Waals surface area contributed by atoms with Crippen molar-refractivity contribution in [3.63, 3.8) is 0 Å². The Kier molecular flexibility index (Phi) is 4.49. The number of aromatic nitrogens is 3. The van der Waals surface area contributed by atoms with Crippen LogP contribution in [0.15, 0.2) is 73.1 Å². The number of aromatic amines is 1. The fourth-order valence-corrected chi connectivity index (χ4v) is 2.96. The van der Waals surface area contributed by atoms with Crippen LogP contribution in [-0.4, -0.2) is 21.1 Å². The van der Waals surface area contributed by atoms with Crippen molar-refractivity contribution in [2.45, 2.75) is 6.92 Å². The van der Waals surface area contributed by atoms with Gasteiger partial charge in [-0.25, -0.2) is 0 Å². The van der Waals surface area contributed by atoms with E-state index in [0.29, 0.717) is 5.82 Å². The van der Waals surface area contributed by atoms with Crippen LogP contribution in [0.5, 0.6) is 0 Å². The van der Waals surface area contributed by atoms with Crippen LogP contribution in [0.1, 0.15) is 11.1 Å². The normalized spacial score (nSPS) is 11.1. The molecule has 0 saturated carbocycles. The Hall–Kier alpha value is -3.73. The van der Waals surface area contributed by atoms with E-state index in [9.17, 15) is 4.79 Å². The SMILES string of the molecule is Cc1c(NC(=O)C=Cc2ccc3ccccc3c2)n[nH]c1-c1ccncc1. The Morgan fingerprint density at radius 2 is 1.81 bits per heavy atom. The quantitative estimate of drug-likeness (QED) is 0.527. The highest BCUT2D eigenvalue weighted by molar-refractivity contribution is 6.02. The lowest BCUT2D eigenvalue weighted by Crippen LogP contribution is -2.09. The number of nitrogens with zero attached hydrogens (tertiary/aromatic N) is 2. The molecule has 0 atom stereocenters. The summed E-state index contributed by atoms with van der Waals surface area (Å²) >= 11 is 0. The van der Waals surface area contributed by atoms with Gasteiger partial charge in [-0.3, -0.25) is 14.9 Å². The predicted molar refractivity (Wildman–Crippen MR) is 108 cm³/mol. The van der Waals surface area contributed by atoms with Crippen LogP contribution in [-0.2, 0) is 4.79 Å². The van der Waals surface area contributed by atoms with Crippen molar-refractivity contribution in [1.29, 1.82) is 0 Å². The van der Waals surface area contributed by atoms with Crippen LogP contribution in [0.2, 0.25) is 0 Å². The summed E-state index contributed by atoms with van der Waals surface area (Å²) in [7, 11) is 0. The highest BCUT2D eigenvalue weighted by Gasteiger charge is 2.11. The van der Waals surface area contributed by atoms with Crippen LogP contribution < -0.4 is 5.32 Å². The fraction of sp³-hybridized carbons (Fsp3) is 0.0455. The van der Waals surface area contributed by atoms with Gasteiger partial charge in [-0.15, -0.1) is 0 Å². The number of carbonyl (C=O) groups is 1. The van der Waals surface area contributed by atoms with Crippen LogP contribution >= 0.6 is 0 Å². The molecule has 0 saturated heterocycles. The zero-order chi connectivity index (χ0) is 18.6. The Balaban J connectivity index is 1.49. The van der Waals surface area contributed by atoms with Crippen LogP contribution in [0.25, 0.3) is 28.1 Å². The number of carbonyl (C=O) groups excluding carboxylic acids is 1. The number of hydrogen-bond donors (Lipinski definition) is 2. The van der Waals surface area contributed by atoms with Gasteiger partial charge in [-0.05, 0) is 47.5 Å². The maximum absolute atomic E-state index is 12.3. The third-order valence-corrected chi connectivity index (χ3v) is 4.42. The monoisotopic (exact) mass is 354 g/mol. The summed E-state index contributed by atoms with van der Waals surface area (Å²) < 4.78 is 0. The average molecular weight is 354 g/mol. The van der Waals surface area contributed by atoms with Crippen molar-refractivity contribution in [2.24, 2.45) is 0 Å². The molecule has 5 nitrogen and oxygen atoms in total. The van der Waals surface area contributed by atoms with E-state index < -0.39 is 0 Å². The van der Waals surface area contributed by atoms with Gasteiger partial charge in [0.2, 0.25) is 5.91 Å². The fourth-order valence-electron chi connectivity index (χ4n) is 2.96. The Bertz CT molecular complexity index is 1130. The molecule has 1 amide bonds. The molecule has 132 valence electrons. The van der Waals surface area contributed by atoms with E-state index in [1.165, 1.54) is 11.5 Å². The summed E-state index contributed by atoms with van der Waals surface area (Å²) in [4.78, 5) is 16.3. The van der Waals surface area contributed by atoms with Gasteiger partial charge in [-0.2, -0.15) is 5.10 Å². The maximum atomic E-state index is 12.3. The van der Waals surface area contributed by atoms with E-state index in [1.807, 2.05) is 43.3 Å². The van der Waals surface area contributed by atoms with E-state index in [4.69, 9.17) is 0 Å². The van der Waals surface area contributed by atoms with Gasteiger partial charge in [0.05, 0.1) is 5.69 Å². The molecule has 0 aliphatic rings. The molecule has 4 aromatic rings. The van der Waals surface area contributed by atoms with Crippen molar-refractivity contribution in [2.75, 3.05) is 5.32 Å². The lowest BCUT2D eigenvalue weighted by molar-refractivity contribution is -0.111. The zero-order valence-electron chi connectivity index (χ0n) is 14.8.